The number of benzene rings is 8. The summed E-state index contributed by atoms with van der Waals surface area (Å²) in [5.41, 5.74) is 17.7. The van der Waals surface area contributed by atoms with Crippen LogP contribution in [-0.4, -0.2) is 23.7 Å². The Bertz CT molecular complexity index is 3780. The predicted octanol–water partition coefficient (Wildman–Crippen LogP) is 14.8. The number of nitrogens with zero attached hydrogens (tertiary/aromatic N) is 5. The van der Waals surface area contributed by atoms with E-state index >= 15 is 0 Å². The van der Waals surface area contributed by atoms with Gasteiger partial charge in [0.15, 0.2) is 0 Å². The van der Waals surface area contributed by atoms with Crippen molar-refractivity contribution in [2.45, 2.75) is 0 Å². The number of para-hydroxylation sites is 3. The predicted molar refractivity (Wildman–Crippen MR) is 261 cm³/mol. The maximum absolute atomic E-state index is 5.18. The van der Waals surface area contributed by atoms with E-state index in [0.717, 1.165) is 72.5 Å². The van der Waals surface area contributed by atoms with Crippen LogP contribution in [0.4, 0.5) is 0 Å². The lowest BCUT2D eigenvalue weighted by molar-refractivity contribution is 1.14. The van der Waals surface area contributed by atoms with Crippen molar-refractivity contribution in [3.63, 3.8) is 0 Å². The van der Waals surface area contributed by atoms with Crippen LogP contribution in [0, 0.1) is 0 Å². The van der Waals surface area contributed by atoms with Crippen molar-refractivity contribution >= 4 is 65.5 Å². The van der Waals surface area contributed by atoms with Gasteiger partial charge >= 0.3 is 0 Å². The van der Waals surface area contributed by atoms with E-state index in [1.165, 1.54) is 43.7 Å². The van der Waals surface area contributed by atoms with Crippen LogP contribution in [-0.2, 0) is 0 Å². The Labute approximate surface area is 363 Å². The topological polar surface area (TPSA) is 40.6 Å². The maximum Gasteiger partial charge on any atom is 0.0963 e. The van der Waals surface area contributed by atoms with Crippen LogP contribution in [0.5, 0.6) is 0 Å². The van der Waals surface area contributed by atoms with Gasteiger partial charge in [-0.15, -0.1) is 0 Å². The van der Waals surface area contributed by atoms with Crippen LogP contribution < -0.4 is 0 Å². The van der Waals surface area contributed by atoms with Crippen LogP contribution >= 0.6 is 0 Å². The summed E-state index contributed by atoms with van der Waals surface area (Å²) in [6.07, 6.45) is 1.87. The Morgan fingerprint density at radius 2 is 0.683 bits per heavy atom. The molecule has 13 aromatic rings. The quantitative estimate of drug-likeness (QED) is 0.168. The number of aromatic nitrogens is 5. The van der Waals surface area contributed by atoms with Gasteiger partial charge in [-0.05, 0) is 102 Å². The second kappa shape index (κ2) is 14.0. The van der Waals surface area contributed by atoms with Crippen molar-refractivity contribution in [2.24, 2.45) is 0 Å². The second-order valence-electron chi connectivity index (χ2n) is 16.2. The molecule has 8 aromatic carbocycles. The van der Waals surface area contributed by atoms with E-state index < -0.39 is 0 Å². The first-order valence-electron chi connectivity index (χ1n) is 21.4. The van der Waals surface area contributed by atoms with E-state index in [2.05, 4.69) is 226 Å². The molecule has 5 aromatic heterocycles. The van der Waals surface area contributed by atoms with E-state index in [1.807, 2.05) is 12.3 Å². The molecule has 0 radical (unpaired) electrons. The van der Waals surface area contributed by atoms with Gasteiger partial charge in [0.1, 0.15) is 0 Å². The highest BCUT2D eigenvalue weighted by Crippen LogP contribution is 2.40. The fourth-order valence-electron chi connectivity index (χ4n) is 9.83. The molecule has 0 amide bonds. The molecule has 0 atom stereocenters. The van der Waals surface area contributed by atoms with Gasteiger partial charge < -0.3 is 13.7 Å². The summed E-state index contributed by atoms with van der Waals surface area (Å²) in [7, 11) is 0. The van der Waals surface area contributed by atoms with Crippen LogP contribution in [0.3, 0.4) is 0 Å². The molecule has 0 spiro atoms. The molecule has 0 saturated heterocycles. The normalized spacial score (nSPS) is 11.8. The summed E-state index contributed by atoms with van der Waals surface area (Å²) in [6.45, 7) is 0. The minimum atomic E-state index is 0.943. The number of hydrogen-bond donors (Lipinski definition) is 0. The van der Waals surface area contributed by atoms with Gasteiger partial charge in [-0.25, -0.2) is 4.98 Å². The van der Waals surface area contributed by atoms with Gasteiger partial charge in [-0.1, -0.05) is 127 Å². The van der Waals surface area contributed by atoms with Gasteiger partial charge in [0, 0.05) is 55.6 Å². The molecule has 0 aliphatic heterocycles. The van der Waals surface area contributed by atoms with Crippen molar-refractivity contribution in [1.82, 2.24) is 23.7 Å². The first-order valence-corrected chi connectivity index (χ1v) is 21.4. The molecule has 13 rings (SSSR count). The molecular weight excluding hydrogens is 767 g/mol. The molecule has 0 fully saturated rings. The van der Waals surface area contributed by atoms with Gasteiger partial charge in [0.2, 0.25) is 0 Å². The Morgan fingerprint density at radius 1 is 0.270 bits per heavy atom. The lowest BCUT2D eigenvalue weighted by Gasteiger charge is -2.13. The molecule has 0 unspecified atom stereocenters. The van der Waals surface area contributed by atoms with E-state index in [4.69, 9.17) is 9.97 Å². The zero-order valence-electron chi connectivity index (χ0n) is 34.1. The third kappa shape index (κ3) is 5.57. The SMILES string of the molecule is c1ccc(-c2cc(-n3c4ccccc4c4cc(-c5ccc6c(c5)c5ccccc5n6-c5ccc(-n6c7ccccc7c7ncccc76)cc5)ccc43)cc(-c3ccccc3)n2)cc1. The molecular formula is C58H37N5. The Balaban J connectivity index is 0.934. The molecule has 0 saturated carbocycles. The molecule has 5 heteroatoms. The van der Waals surface area contributed by atoms with Crippen molar-refractivity contribution in [3.8, 4) is 50.7 Å². The molecule has 5 heterocycles. The van der Waals surface area contributed by atoms with E-state index in [1.54, 1.807) is 0 Å². The molecule has 5 nitrogen and oxygen atoms in total. The summed E-state index contributed by atoms with van der Waals surface area (Å²) in [6, 6.07) is 78.4. The maximum atomic E-state index is 5.18. The van der Waals surface area contributed by atoms with Crippen molar-refractivity contribution in [3.05, 3.63) is 225 Å². The van der Waals surface area contributed by atoms with Crippen LogP contribution in [0.2, 0.25) is 0 Å². The fraction of sp³-hybridized carbons (Fsp3) is 0. The number of pyridine rings is 2. The van der Waals surface area contributed by atoms with Crippen LogP contribution in [0.1, 0.15) is 0 Å². The molecule has 0 bridgehead atoms. The lowest BCUT2D eigenvalue weighted by atomic mass is 10.0. The van der Waals surface area contributed by atoms with Gasteiger partial charge in [-0.2, -0.15) is 0 Å². The average molecular weight is 804 g/mol. The second-order valence-corrected chi connectivity index (χ2v) is 16.2. The average Bonchev–Trinajstić information content (AvgIpc) is 4.00. The van der Waals surface area contributed by atoms with Crippen molar-refractivity contribution in [2.75, 3.05) is 0 Å². The lowest BCUT2D eigenvalue weighted by Crippen LogP contribution is -1.98. The molecule has 0 aliphatic rings. The number of fused-ring (bicyclic) bond motifs is 9. The third-order valence-corrected chi connectivity index (χ3v) is 12.7. The highest BCUT2D eigenvalue weighted by atomic mass is 15.0. The Kier molecular flexibility index (Phi) is 7.84. The molecule has 0 N–H and O–H groups in total. The Morgan fingerprint density at radius 3 is 1.22 bits per heavy atom. The summed E-state index contributed by atoms with van der Waals surface area (Å²) in [5, 5.41) is 6.03. The fourth-order valence-corrected chi connectivity index (χ4v) is 9.83. The number of rotatable bonds is 6. The van der Waals surface area contributed by atoms with E-state index in [-0.39, 0.29) is 0 Å². The van der Waals surface area contributed by atoms with Gasteiger partial charge in [0.05, 0.1) is 55.7 Å². The first kappa shape index (κ1) is 35.2. The minimum Gasteiger partial charge on any atom is -0.309 e. The Hall–Kier alpha value is -8.54. The van der Waals surface area contributed by atoms with Crippen molar-refractivity contribution < 1.29 is 0 Å². The van der Waals surface area contributed by atoms with Crippen molar-refractivity contribution in [1.29, 1.82) is 0 Å². The third-order valence-electron chi connectivity index (χ3n) is 12.7. The van der Waals surface area contributed by atoms with Crippen LogP contribution in [0.15, 0.2) is 225 Å². The van der Waals surface area contributed by atoms with Crippen LogP contribution in [0.25, 0.3) is 116 Å². The molecule has 0 aliphatic carbocycles. The smallest absolute Gasteiger partial charge is 0.0963 e. The minimum absolute atomic E-state index is 0.943. The highest BCUT2D eigenvalue weighted by molar-refractivity contribution is 6.13. The molecule has 63 heavy (non-hydrogen) atoms. The molecule has 294 valence electrons. The first-order chi connectivity index (χ1) is 31.2. The summed E-state index contributed by atoms with van der Waals surface area (Å²) < 4.78 is 7.11. The van der Waals surface area contributed by atoms with E-state index in [0.29, 0.717) is 0 Å². The number of hydrogen-bond acceptors (Lipinski definition) is 2. The monoisotopic (exact) mass is 803 g/mol. The highest BCUT2D eigenvalue weighted by Gasteiger charge is 2.19. The summed E-state index contributed by atoms with van der Waals surface area (Å²) >= 11 is 0. The van der Waals surface area contributed by atoms with Gasteiger partial charge in [0.25, 0.3) is 0 Å². The zero-order valence-corrected chi connectivity index (χ0v) is 34.1. The standard InChI is InChI=1S/C58H37N5/c1-3-14-38(15-4-1)50-36-44(37-51(60-50)39-16-5-2-6-17-39)63-53-22-11-8-19-46(53)49-35-41(26-32-56(49)63)40-25-31-55-48(34-40)45-18-7-10-21-52(45)61(55)42-27-29-43(30-28-42)62-54-23-12-9-20-47(54)58-57(62)24-13-33-59-58/h1-37H. The van der Waals surface area contributed by atoms with E-state index in [9.17, 15) is 0 Å². The van der Waals surface area contributed by atoms with Gasteiger partial charge in [-0.3, -0.25) is 4.98 Å². The summed E-state index contributed by atoms with van der Waals surface area (Å²) in [5.74, 6) is 0. The zero-order chi connectivity index (χ0) is 41.4. The largest absolute Gasteiger partial charge is 0.309 e. The summed E-state index contributed by atoms with van der Waals surface area (Å²) in [4.78, 5) is 9.93.